The standard InChI is InChI=1S/C16H15BrFNO2/c1-2-21-16(20)15(19-12-6-4-3-5-7-12)13-9-8-11(18)10-14(13)17/h3-10,15,19H,2H2,1H3. The Hall–Kier alpha value is -1.88. The molecule has 0 saturated heterocycles. The van der Waals surface area contributed by atoms with Crippen molar-refractivity contribution >= 4 is 27.6 Å². The van der Waals surface area contributed by atoms with Crippen molar-refractivity contribution in [1.82, 2.24) is 0 Å². The van der Waals surface area contributed by atoms with E-state index in [1.165, 1.54) is 12.1 Å². The first-order valence-corrected chi connectivity index (χ1v) is 7.34. The van der Waals surface area contributed by atoms with E-state index in [1.807, 2.05) is 30.3 Å². The zero-order chi connectivity index (χ0) is 15.2. The summed E-state index contributed by atoms with van der Waals surface area (Å²) in [6, 6.07) is 12.8. The van der Waals surface area contributed by atoms with E-state index in [0.29, 0.717) is 10.0 Å². The third-order valence-electron chi connectivity index (χ3n) is 2.88. The number of nitrogens with one attached hydrogen (secondary N) is 1. The molecule has 0 aliphatic carbocycles. The summed E-state index contributed by atoms with van der Waals surface area (Å²) in [6.45, 7) is 2.03. The van der Waals surface area contributed by atoms with E-state index in [2.05, 4.69) is 21.2 Å². The Morgan fingerprint density at radius 1 is 1.29 bits per heavy atom. The summed E-state index contributed by atoms with van der Waals surface area (Å²) in [5.74, 6) is -0.776. The first-order valence-electron chi connectivity index (χ1n) is 6.55. The maximum absolute atomic E-state index is 13.2. The van der Waals surface area contributed by atoms with Crippen molar-refractivity contribution in [2.45, 2.75) is 13.0 Å². The molecule has 0 saturated carbocycles. The fraction of sp³-hybridized carbons (Fsp3) is 0.188. The number of esters is 1. The third-order valence-corrected chi connectivity index (χ3v) is 3.57. The van der Waals surface area contributed by atoms with Gasteiger partial charge in [0, 0.05) is 10.2 Å². The smallest absolute Gasteiger partial charge is 0.333 e. The minimum atomic E-state index is -0.706. The van der Waals surface area contributed by atoms with E-state index in [9.17, 15) is 9.18 Å². The molecule has 3 nitrogen and oxygen atoms in total. The molecular weight excluding hydrogens is 337 g/mol. The van der Waals surface area contributed by atoms with E-state index >= 15 is 0 Å². The number of para-hydroxylation sites is 1. The van der Waals surface area contributed by atoms with Gasteiger partial charge in [-0.2, -0.15) is 0 Å². The largest absolute Gasteiger partial charge is 0.464 e. The lowest BCUT2D eigenvalue weighted by molar-refractivity contribution is -0.144. The molecule has 0 bridgehead atoms. The molecule has 0 heterocycles. The molecule has 0 amide bonds. The van der Waals surface area contributed by atoms with Crippen LogP contribution in [-0.4, -0.2) is 12.6 Å². The highest BCUT2D eigenvalue weighted by Gasteiger charge is 2.24. The average Bonchev–Trinajstić information content (AvgIpc) is 2.47. The van der Waals surface area contributed by atoms with Gasteiger partial charge < -0.3 is 10.1 Å². The quantitative estimate of drug-likeness (QED) is 0.816. The van der Waals surface area contributed by atoms with Gasteiger partial charge in [0.15, 0.2) is 6.04 Å². The number of rotatable bonds is 5. The van der Waals surface area contributed by atoms with Crippen molar-refractivity contribution in [2.24, 2.45) is 0 Å². The number of carbonyl (C=O) groups is 1. The second kappa shape index (κ2) is 7.22. The van der Waals surface area contributed by atoms with E-state index in [4.69, 9.17) is 4.74 Å². The van der Waals surface area contributed by atoms with Crippen molar-refractivity contribution in [3.05, 3.63) is 64.4 Å². The van der Waals surface area contributed by atoms with Crippen LogP contribution in [0, 0.1) is 5.82 Å². The molecule has 110 valence electrons. The Bertz CT molecular complexity index is 619. The molecule has 1 atom stereocenters. The highest BCUT2D eigenvalue weighted by atomic mass is 79.9. The predicted molar refractivity (Wildman–Crippen MR) is 83.5 cm³/mol. The van der Waals surface area contributed by atoms with Gasteiger partial charge in [-0.1, -0.05) is 40.2 Å². The molecule has 2 aromatic rings. The van der Waals surface area contributed by atoms with Crippen LogP contribution in [0.4, 0.5) is 10.1 Å². The lowest BCUT2D eigenvalue weighted by atomic mass is 10.1. The molecule has 0 fully saturated rings. The summed E-state index contributed by atoms with van der Waals surface area (Å²) >= 11 is 3.29. The summed E-state index contributed by atoms with van der Waals surface area (Å²) in [5, 5.41) is 3.11. The maximum atomic E-state index is 13.2. The number of benzene rings is 2. The third kappa shape index (κ3) is 4.04. The fourth-order valence-electron chi connectivity index (χ4n) is 1.93. The number of hydrogen-bond donors (Lipinski definition) is 1. The van der Waals surface area contributed by atoms with Gasteiger partial charge in [-0.25, -0.2) is 9.18 Å². The Morgan fingerprint density at radius 2 is 2.00 bits per heavy atom. The lowest BCUT2D eigenvalue weighted by Crippen LogP contribution is -2.23. The van der Waals surface area contributed by atoms with Crippen molar-refractivity contribution < 1.29 is 13.9 Å². The van der Waals surface area contributed by atoms with Crippen molar-refractivity contribution in [3.63, 3.8) is 0 Å². The number of hydrogen-bond acceptors (Lipinski definition) is 3. The lowest BCUT2D eigenvalue weighted by Gasteiger charge is -2.20. The van der Waals surface area contributed by atoms with Gasteiger partial charge >= 0.3 is 5.97 Å². The molecule has 1 unspecified atom stereocenters. The minimum absolute atomic E-state index is 0.282. The average molecular weight is 352 g/mol. The Morgan fingerprint density at radius 3 is 2.62 bits per heavy atom. The van der Waals surface area contributed by atoms with Gasteiger partial charge in [0.05, 0.1) is 6.61 Å². The van der Waals surface area contributed by atoms with Crippen LogP contribution >= 0.6 is 15.9 Å². The first kappa shape index (κ1) is 15.5. The number of carbonyl (C=O) groups excluding carboxylic acids is 1. The first-order chi connectivity index (χ1) is 10.1. The van der Waals surface area contributed by atoms with Crippen LogP contribution in [0.3, 0.4) is 0 Å². The molecular formula is C16H15BrFNO2. The second-order valence-electron chi connectivity index (χ2n) is 4.36. The minimum Gasteiger partial charge on any atom is -0.464 e. The maximum Gasteiger partial charge on any atom is 0.333 e. The zero-order valence-corrected chi connectivity index (χ0v) is 13.1. The SMILES string of the molecule is CCOC(=O)C(Nc1ccccc1)c1ccc(F)cc1Br. The molecule has 2 rings (SSSR count). The normalized spacial score (nSPS) is 11.8. The molecule has 0 aliphatic rings. The summed E-state index contributed by atoms with van der Waals surface area (Å²) in [6.07, 6.45) is 0. The Labute approximate surface area is 131 Å². The summed E-state index contributed by atoms with van der Waals surface area (Å²) in [5.41, 5.74) is 1.41. The fourth-order valence-corrected chi connectivity index (χ4v) is 2.51. The monoisotopic (exact) mass is 351 g/mol. The Balaban J connectivity index is 2.33. The molecule has 0 aromatic heterocycles. The van der Waals surface area contributed by atoms with Gasteiger partial charge in [-0.3, -0.25) is 0 Å². The number of anilines is 1. The van der Waals surface area contributed by atoms with Crippen LogP contribution in [0.25, 0.3) is 0 Å². The van der Waals surface area contributed by atoms with Gasteiger partial charge in [-0.05, 0) is 36.8 Å². The highest BCUT2D eigenvalue weighted by molar-refractivity contribution is 9.10. The number of ether oxygens (including phenoxy) is 1. The molecule has 0 radical (unpaired) electrons. The van der Waals surface area contributed by atoms with E-state index in [-0.39, 0.29) is 12.4 Å². The Kier molecular flexibility index (Phi) is 5.33. The van der Waals surface area contributed by atoms with Crippen LogP contribution in [0.1, 0.15) is 18.5 Å². The van der Waals surface area contributed by atoms with E-state index in [0.717, 1.165) is 5.69 Å². The highest BCUT2D eigenvalue weighted by Crippen LogP contribution is 2.28. The van der Waals surface area contributed by atoms with E-state index < -0.39 is 12.0 Å². The summed E-state index contributed by atoms with van der Waals surface area (Å²) in [7, 11) is 0. The van der Waals surface area contributed by atoms with Gasteiger partial charge in [0.2, 0.25) is 0 Å². The van der Waals surface area contributed by atoms with Crippen LogP contribution in [0.15, 0.2) is 53.0 Å². The van der Waals surface area contributed by atoms with Crippen LogP contribution in [0.2, 0.25) is 0 Å². The van der Waals surface area contributed by atoms with Crippen molar-refractivity contribution in [1.29, 1.82) is 0 Å². The molecule has 21 heavy (non-hydrogen) atoms. The molecule has 2 aromatic carbocycles. The van der Waals surface area contributed by atoms with Gasteiger partial charge in [-0.15, -0.1) is 0 Å². The van der Waals surface area contributed by atoms with E-state index in [1.54, 1.807) is 13.0 Å². The van der Waals surface area contributed by atoms with Crippen molar-refractivity contribution in [2.75, 3.05) is 11.9 Å². The van der Waals surface area contributed by atoms with Crippen molar-refractivity contribution in [3.8, 4) is 0 Å². The number of halogens is 2. The molecule has 0 aliphatic heterocycles. The van der Waals surface area contributed by atoms with Gasteiger partial charge in [0.25, 0.3) is 0 Å². The second-order valence-corrected chi connectivity index (χ2v) is 5.22. The predicted octanol–water partition coefficient (Wildman–Crippen LogP) is 4.30. The van der Waals surface area contributed by atoms with Crippen LogP contribution < -0.4 is 5.32 Å². The molecule has 0 spiro atoms. The van der Waals surface area contributed by atoms with Crippen LogP contribution in [0.5, 0.6) is 0 Å². The van der Waals surface area contributed by atoms with Crippen LogP contribution in [-0.2, 0) is 9.53 Å². The summed E-state index contributed by atoms with van der Waals surface area (Å²) in [4.78, 5) is 12.2. The topological polar surface area (TPSA) is 38.3 Å². The molecule has 1 N–H and O–H groups in total. The zero-order valence-electron chi connectivity index (χ0n) is 11.5. The van der Waals surface area contributed by atoms with Gasteiger partial charge in [0.1, 0.15) is 5.82 Å². The summed E-state index contributed by atoms with van der Waals surface area (Å²) < 4.78 is 18.8. The molecule has 5 heteroatoms.